The molecule has 1 heterocycles. The Labute approximate surface area is 118 Å². The van der Waals surface area contributed by atoms with Gasteiger partial charge in [-0.15, -0.1) is 0 Å². The molecule has 98 valence electrons. The zero-order valence-corrected chi connectivity index (χ0v) is 12.5. The van der Waals surface area contributed by atoms with Crippen molar-refractivity contribution in [2.24, 2.45) is 0 Å². The van der Waals surface area contributed by atoms with E-state index in [1.807, 2.05) is 0 Å². The molecule has 1 saturated heterocycles. The molecule has 1 unspecified atom stereocenters. The first kappa shape index (κ1) is 12.6. The molecule has 1 N–H and O–H groups in total. The highest BCUT2D eigenvalue weighted by Crippen LogP contribution is 2.31. The van der Waals surface area contributed by atoms with E-state index in [-0.39, 0.29) is 0 Å². The Morgan fingerprint density at radius 2 is 2.06 bits per heavy atom. The second-order valence-corrected chi connectivity index (χ2v) is 6.48. The molecule has 2 nitrogen and oxygen atoms in total. The van der Waals surface area contributed by atoms with Crippen molar-refractivity contribution in [3.8, 4) is 0 Å². The van der Waals surface area contributed by atoms with Crippen LogP contribution in [0.1, 0.15) is 37.8 Å². The summed E-state index contributed by atoms with van der Waals surface area (Å²) in [7, 11) is 0. The summed E-state index contributed by atoms with van der Waals surface area (Å²) in [4.78, 5) is 2.66. The quantitative estimate of drug-likeness (QED) is 0.918. The predicted octanol–water partition coefficient (Wildman–Crippen LogP) is 3.34. The summed E-state index contributed by atoms with van der Waals surface area (Å²) in [5.74, 6) is 0. The van der Waals surface area contributed by atoms with Gasteiger partial charge in [0.25, 0.3) is 0 Å². The topological polar surface area (TPSA) is 15.3 Å². The Hall–Kier alpha value is -0.380. The van der Waals surface area contributed by atoms with E-state index < -0.39 is 0 Å². The fourth-order valence-electron chi connectivity index (χ4n) is 2.96. The molecular formula is C15H21BrN2. The maximum Gasteiger partial charge on any atom is 0.0306 e. The number of benzene rings is 1. The van der Waals surface area contributed by atoms with Crippen LogP contribution in [0.2, 0.25) is 0 Å². The second kappa shape index (κ2) is 5.32. The predicted molar refractivity (Wildman–Crippen MR) is 78.7 cm³/mol. The number of hydrogen-bond acceptors (Lipinski definition) is 2. The molecule has 1 aliphatic heterocycles. The van der Waals surface area contributed by atoms with Gasteiger partial charge in [-0.1, -0.05) is 34.1 Å². The minimum Gasteiger partial charge on any atom is -0.306 e. The van der Waals surface area contributed by atoms with Crippen molar-refractivity contribution >= 4 is 15.9 Å². The van der Waals surface area contributed by atoms with E-state index in [1.54, 1.807) is 0 Å². The lowest BCUT2D eigenvalue weighted by molar-refractivity contribution is 0.313. The smallest absolute Gasteiger partial charge is 0.0306 e. The van der Waals surface area contributed by atoms with Crippen molar-refractivity contribution in [2.45, 2.75) is 44.3 Å². The average molecular weight is 309 g/mol. The molecule has 2 atom stereocenters. The highest BCUT2D eigenvalue weighted by atomic mass is 79.9. The van der Waals surface area contributed by atoms with Crippen LogP contribution in [0.15, 0.2) is 28.7 Å². The van der Waals surface area contributed by atoms with Crippen molar-refractivity contribution < 1.29 is 0 Å². The van der Waals surface area contributed by atoms with Gasteiger partial charge in [0.05, 0.1) is 0 Å². The van der Waals surface area contributed by atoms with Crippen LogP contribution in [-0.2, 0) is 0 Å². The van der Waals surface area contributed by atoms with E-state index in [1.165, 1.54) is 42.4 Å². The minimum atomic E-state index is 0.421. The third-order valence-corrected chi connectivity index (χ3v) is 4.86. The van der Waals surface area contributed by atoms with Crippen molar-refractivity contribution in [3.63, 3.8) is 0 Å². The number of nitrogens with zero attached hydrogens (tertiary/aromatic N) is 1. The van der Waals surface area contributed by atoms with E-state index in [4.69, 9.17) is 0 Å². The van der Waals surface area contributed by atoms with Gasteiger partial charge in [0, 0.05) is 35.7 Å². The number of nitrogens with one attached hydrogen (secondary N) is 1. The van der Waals surface area contributed by atoms with Crippen LogP contribution in [-0.4, -0.2) is 30.1 Å². The Morgan fingerprint density at radius 3 is 2.78 bits per heavy atom. The molecule has 0 aromatic heterocycles. The van der Waals surface area contributed by atoms with E-state index >= 15 is 0 Å². The Balaban J connectivity index is 1.58. The van der Waals surface area contributed by atoms with Crippen LogP contribution in [0.25, 0.3) is 0 Å². The van der Waals surface area contributed by atoms with Crippen LogP contribution in [0.4, 0.5) is 0 Å². The lowest BCUT2D eigenvalue weighted by Gasteiger charge is -2.21. The summed E-state index contributed by atoms with van der Waals surface area (Å²) >= 11 is 3.64. The first-order chi connectivity index (χ1) is 8.74. The molecule has 0 spiro atoms. The molecule has 0 amide bonds. The molecule has 1 aliphatic carbocycles. The van der Waals surface area contributed by atoms with Crippen LogP contribution in [0, 0.1) is 0 Å². The minimum absolute atomic E-state index is 0.421. The van der Waals surface area contributed by atoms with E-state index in [2.05, 4.69) is 57.3 Å². The molecule has 0 radical (unpaired) electrons. The Kier molecular flexibility index (Phi) is 3.73. The van der Waals surface area contributed by atoms with Gasteiger partial charge in [-0.2, -0.15) is 0 Å². The highest BCUT2D eigenvalue weighted by Gasteiger charge is 2.34. The number of rotatable bonds is 4. The lowest BCUT2D eigenvalue weighted by atomic mass is 10.1. The number of hydrogen-bond donors (Lipinski definition) is 1. The molecule has 3 heteroatoms. The van der Waals surface area contributed by atoms with Gasteiger partial charge < -0.3 is 5.32 Å². The van der Waals surface area contributed by atoms with E-state index in [0.29, 0.717) is 12.1 Å². The van der Waals surface area contributed by atoms with E-state index in [0.717, 1.165) is 6.04 Å². The lowest BCUT2D eigenvalue weighted by Crippen LogP contribution is -2.35. The van der Waals surface area contributed by atoms with Crippen molar-refractivity contribution in [1.82, 2.24) is 10.2 Å². The first-order valence-electron chi connectivity index (χ1n) is 6.98. The van der Waals surface area contributed by atoms with Gasteiger partial charge in [-0.05, 0) is 37.8 Å². The molecule has 18 heavy (non-hydrogen) atoms. The molecule has 1 aromatic rings. The number of likely N-dealkylation sites (tertiary alicyclic amines) is 1. The Bertz CT molecular complexity index is 417. The van der Waals surface area contributed by atoms with Crippen molar-refractivity contribution in [1.29, 1.82) is 0 Å². The van der Waals surface area contributed by atoms with Crippen molar-refractivity contribution in [3.05, 3.63) is 34.3 Å². The summed E-state index contributed by atoms with van der Waals surface area (Å²) < 4.78 is 1.21. The second-order valence-electron chi connectivity index (χ2n) is 5.62. The first-order valence-corrected chi connectivity index (χ1v) is 7.78. The van der Waals surface area contributed by atoms with Gasteiger partial charge in [0.1, 0.15) is 0 Å². The summed E-state index contributed by atoms with van der Waals surface area (Å²) in [6, 6.07) is 10.5. The molecule has 2 fully saturated rings. The molecule has 1 saturated carbocycles. The van der Waals surface area contributed by atoms with Gasteiger partial charge in [-0.3, -0.25) is 4.90 Å². The fraction of sp³-hybridized carbons (Fsp3) is 0.600. The van der Waals surface area contributed by atoms with Crippen LogP contribution in [0.5, 0.6) is 0 Å². The third kappa shape index (κ3) is 2.79. The van der Waals surface area contributed by atoms with Crippen LogP contribution >= 0.6 is 15.9 Å². The van der Waals surface area contributed by atoms with Gasteiger partial charge in [0.15, 0.2) is 0 Å². The molecule has 2 aliphatic rings. The van der Waals surface area contributed by atoms with Crippen molar-refractivity contribution in [2.75, 3.05) is 13.1 Å². The summed E-state index contributed by atoms with van der Waals surface area (Å²) in [6.45, 7) is 4.78. The zero-order valence-electron chi connectivity index (χ0n) is 10.9. The number of halogens is 1. The Morgan fingerprint density at radius 1 is 1.28 bits per heavy atom. The SMILES string of the molecule is C[C@H](NC1CCN(C2CC2)C1)c1ccccc1Br. The van der Waals surface area contributed by atoms with Crippen LogP contribution in [0.3, 0.4) is 0 Å². The molecule has 0 bridgehead atoms. The third-order valence-electron chi connectivity index (χ3n) is 4.14. The summed E-state index contributed by atoms with van der Waals surface area (Å²) in [5.41, 5.74) is 1.36. The van der Waals surface area contributed by atoms with E-state index in [9.17, 15) is 0 Å². The largest absolute Gasteiger partial charge is 0.306 e. The van der Waals surface area contributed by atoms with Crippen LogP contribution < -0.4 is 5.32 Å². The molecule has 3 rings (SSSR count). The standard InChI is InChI=1S/C15H21BrN2/c1-11(14-4-2-3-5-15(14)16)17-12-8-9-18(10-12)13-6-7-13/h2-5,11-13,17H,6-10H2,1H3/t11-,12?/m0/s1. The van der Waals surface area contributed by atoms with Gasteiger partial charge in [-0.25, -0.2) is 0 Å². The maximum absolute atomic E-state index is 3.78. The maximum atomic E-state index is 3.78. The monoisotopic (exact) mass is 308 g/mol. The van der Waals surface area contributed by atoms with Gasteiger partial charge in [0.2, 0.25) is 0 Å². The highest BCUT2D eigenvalue weighted by molar-refractivity contribution is 9.10. The zero-order chi connectivity index (χ0) is 12.5. The summed E-state index contributed by atoms with van der Waals surface area (Å²) in [5, 5.41) is 3.78. The normalized spacial score (nSPS) is 26.4. The summed E-state index contributed by atoms with van der Waals surface area (Å²) in [6.07, 6.45) is 4.14. The fourth-order valence-corrected chi connectivity index (χ4v) is 3.59. The molecular weight excluding hydrogens is 288 g/mol. The molecule has 1 aromatic carbocycles. The average Bonchev–Trinajstić information content (AvgIpc) is 3.11. The van der Waals surface area contributed by atoms with Gasteiger partial charge >= 0.3 is 0 Å².